The van der Waals surface area contributed by atoms with Gasteiger partial charge in [-0.25, -0.2) is 4.68 Å². The van der Waals surface area contributed by atoms with Gasteiger partial charge in [0.05, 0.1) is 31.0 Å². The third kappa shape index (κ3) is 4.69. The van der Waals surface area contributed by atoms with Gasteiger partial charge in [0.25, 0.3) is 0 Å². The molecule has 0 radical (unpaired) electrons. The molecule has 4 aromatic rings. The number of carbonyl (C=O) groups is 1. The first kappa shape index (κ1) is 20.9. The molecular formula is C20H21N9O3. The highest BCUT2D eigenvalue weighted by atomic mass is 16.5. The summed E-state index contributed by atoms with van der Waals surface area (Å²) in [5.41, 5.74) is 2.75. The lowest BCUT2D eigenvalue weighted by atomic mass is 10.1. The van der Waals surface area contributed by atoms with Gasteiger partial charge >= 0.3 is 0 Å². The third-order valence-electron chi connectivity index (χ3n) is 4.45. The third-order valence-corrected chi connectivity index (χ3v) is 4.45. The van der Waals surface area contributed by atoms with E-state index in [1.165, 1.54) is 17.3 Å². The summed E-state index contributed by atoms with van der Waals surface area (Å²) in [6.45, 7) is 4.59. The van der Waals surface area contributed by atoms with Crippen molar-refractivity contribution in [2.24, 2.45) is 0 Å². The van der Waals surface area contributed by atoms with Crippen LogP contribution in [0.4, 0.5) is 5.69 Å². The Balaban J connectivity index is 1.54. The fourth-order valence-electron chi connectivity index (χ4n) is 3.07. The molecule has 0 saturated carbocycles. The summed E-state index contributed by atoms with van der Waals surface area (Å²) in [4.78, 5) is 12.8. The van der Waals surface area contributed by atoms with Gasteiger partial charge in [0.15, 0.2) is 0 Å². The number of benzene rings is 2. The molecule has 0 aliphatic carbocycles. The van der Waals surface area contributed by atoms with Crippen LogP contribution < -0.4 is 14.8 Å². The molecule has 1 amide bonds. The zero-order valence-electron chi connectivity index (χ0n) is 17.5. The number of tetrazole rings is 2. The summed E-state index contributed by atoms with van der Waals surface area (Å²) < 4.78 is 14.5. The van der Waals surface area contributed by atoms with E-state index in [1.54, 1.807) is 16.8 Å². The molecule has 0 unspecified atom stereocenters. The van der Waals surface area contributed by atoms with Gasteiger partial charge in [0, 0.05) is 12.1 Å². The molecule has 0 fully saturated rings. The lowest BCUT2D eigenvalue weighted by molar-refractivity contribution is -0.115. The summed E-state index contributed by atoms with van der Waals surface area (Å²) >= 11 is 0. The van der Waals surface area contributed by atoms with Crippen LogP contribution >= 0.6 is 0 Å². The van der Waals surface area contributed by atoms with E-state index in [0.29, 0.717) is 36.1 Å². The Morgan fingerprint density at radius 1 is 0.906 bits per heavy atom. The summed E-state index contributed by atoms with van der Waals surface area (Å²) in [5, 5.41) is 25.3. The molecule has 0 aliphatic rings. The fraction of sp³-hybridized carbons (Fsp3) is 0.250. The number of carbonyl (C=O) groups excluding carboxylic acids is 1. The van der Waals surface area contributed by atoms with E-state index in [0.717, 1.165) is 11.3 Å². The largest absolute Gasteiger partial charge is 0.492 e. The van der Waals surface area contributed by atoms with E-state index in [9.17, 15) is 4.79 Å². The van der Waals surface area contributed by atoms with E-state index in [-0.39, 0.29) is 12.3 Å². The zero-order chi connectivity index (χ0) is 22.3. The van der Waals surface area contributed by atoms with Crippen molar-refractivity contribution in [2.45, 2.75) is 20.3 Å². The van der Waals surface area contributed by atoms with Crippen molar-refractivity contribution in [3.05, 3.63) is 54.6 Å². The van der Waals surface area contributed by atoms with Crippen molar-refractivity contribution >= 4 is 11.6 Å². The molecule has 12 heteroatoms. The normalized spacial score (nSPS) is 10.7. The van der Waals surface area contributed by atoms with Crippen molar-refractivity contribution < 1.29 is 14.3 Å². The monoisotopic (exact) mass is 435 g/mol. The maximum absolute atomic E-state index is 12.8. The predicted molar refractivity (Wildman–Crippen MR) is 113 cm³/mol. The SMILES string of the molecule is CCOc1cc(-n2cnnn2)c(OCC)cc1NC(=O)Cc1ccc(-n2cnnn2)cc1. The molecule has 0 atom stereocenters. The van der Waals surface area contributed by atoms with E-state index < -0.39 is 0 Å². The van der Waals surface area contributed by atoms with Gasteiger partial charge in [-0.1, -0.05) is 12.1 Å². The highest BCUT2D eigenvalue weighted by Gasteiger charge is 2.17. The van der Waals surface area contributed by atoms with Crippen LogP contribution in [0.2, 0.25) is 0 Å². The minimum Gasteiger partial charge on any atom is -0.492 e. The van der Waals surface area contributed by atoms with E-state index >= 15 is 0 Å². The van der Waals surface area contributed by atoms with Crippen LogP contribution in [0.1, 0.15) is 19.4 Å². The Labute approximate surface area is 183 Å². The summed E-state index contributed by atoms with van der Waals surface area (Å²) in [6, 6.07) is 10.8. The van der Waals surface area contributed by atoms with Gasteiger partial charge in [-0.2, -0.15) is 4.68 Å². The van der Waals surface area contributed by atoms with Gasteiger partial charge in [0.2, 0.25) is 5.91 Å². The molecule has 164 valence electrons. The second kappa shape index (κ2) is 9.64. The second-order valence-corrected chi connectivity index (χ2v) is 6.58. The summed E-state index contributed by atoms with van der Waals surface area (Å²) in [5.74, 6) is 0.812. The van der Waals surface area contributed by atoms with Crippen LogP contribution in [-0.2, 0) is 11.2 Å². The fourth-order valence-corrected chi connectivity index (χ4v) is 3.07. The smallest absolute Gasteiger partial charge is 0.228 e. The van der Waals surface area contributed by atoms with Crippen molar-refractivity contribution in [2.75, 3.05) is 18.5 Å². The standard InChI is InChI=1S/C20H21N9O3/c1-3-31-18-11-17(29-13-22-25-27-29)19(32-4-2)10-16(18)23-20(30)9-14-5-7-15(8-6-14)28-12-21-24-26-28/h5-8,10-13H,3-4,9H2,1-2H3,(H,23,30). The molecule has 2 aromatic carbocycles. The topological polar surface area (TPSA) is 135 Å². The van der Waals surface area contributed by atoms with E-state index in [4.69, 9.17) is 9.47 Å². The van der Waals surface area contributed by atoms with Crippen molar-refractivity contribution in [1.29, 1.82) is 0 Å². The number of rotatable bonds is 9. The first-order valence-corrected chi connectivity index (χ1v) is 9.97. The Kier molecular flexibility index (Phi) is 6.30. The number of ether oxygens (including phenoxy) is 2. The van der Waals surface area contributed by atoms with Crippen LogP contribution in [0.5, 0.6) is 11.5 Å². The van der Waals surface area contributed by atoms with Crippen LogP contribution in [-0.4, -0.2) is 59.5 Å². The highest BCUT2D eigenvalue weighted by molar-refractivity contribution is 5.94. The predicted octanol–water partition coefficient (Wildman–Crippen LogP) is 1.62. The lowest BCUT2D eigenvalue weighted by Crippen LogP contribution is -2.16. The van der Waals surface area contributed by atoms with Crippen molar-refractivity contribution in [1.82, 2.24) is 40.4 Å². The molecular weight excluding hydrogens is 414 g/mol. The second-order valence-electron chi connectivity index (χ2n) is 6.58. The van der Waals surface area contributed by atoms with Crippen molar-refractivity contribution in [3.63, 3.8) is 0 Å². The molecule has 0 aliphatic heterocycles. The van der Waals surface area contributed by atoms with Crippen LogP contribution in [0.3, 0.4) is 0 Å². The van der Waals surface area contributed by atoms with Gasteiger partial charge in [0.1, 0.15) is 29.8 Å². The maximum Gasteiger partial charge on any atom is 0.228 e. The lowest BCUT2D eigenvalue weighted by Gasteiger charge is -2.17. The number of nitrogens with one attached hydrogen (secondary N) is 1. The molecule has 2 heterocycles. The summed E-state index contributed by atoms with van der Waals surface area (Å²) in [7, 11) is 0. The number of anilines is 1. The van der Waals surface area contributed by atoms with Crippen LogP contribution in [0, 0.1) is 0 Å². The maximum atomic E-state index is 12.8. The highest BCUT2D eigenvalue weighted by Crippen LogP contribution is 2.35. The first-order chi connectivity index (χ1) is 15.7. The Morgan fingerprint density at radius 3 is 2.19 bits per heavy atom. The van der Waals surface area contributed by atoms with Crippen LogP contribution in [0.15, 0.2) is 49.1 Å². The molecule has 0 spiro atoms. The van der Waals surface area contributed by atoms with Gasteiger partial charge < -0.3 is 14.8 Å². The molecule has 2 aromatic heterocycles. The van der Waals surface area contributed by atoms with Crippen molar-refractivity contribution in [3.8, 4) is 22.9 Å². The van der Waals surface area contributed by atoms with E-state index in [1.807, 2.05) is 38.1 Å². The first-order valence-electron chi connectivity index (χ1n) is 9.97. The van der Waals surface area contributed by atoms with Gasteiger partial charge in [-0.05, 0) is 52.4 Å². The summed E-state index contributed by atoms with van der Waals surface area (Å²) in [6.07, 6.45) is 3.15. The molecule has 12 nitrogen and oxygen atoms in total. The molecule has 0 saturated heterocycles. The number of amides is 1. The number of nitrogens with zero attached hydrogens (tertiary/aromatic N) is 8. The van der Waals surface area contributed by atoms with Crippen LogP contribution in [0.25, 0.3) is 11.4 Å². The minimum absolute atomic E-state index is 0.181. The quantitative estimate of drug-likeness (QED) is 0.416. The Morgan fingerprint density at radius 2 is 1.56 bits per heavy atom. The number of aromatic nitrogens is 8. The minimum atomic E-state index is -0.196. The molecule has 0 bridgehead atoms. The average Bonchev–Trinajstić information content (AvgIpc) is 3.51. The number of hydrogen-bond acceptors (Lipinski definition) is 9. The zero-order valence-corrected chi connectivity index (χ0v) is 17.5. The Bertz CT molecular complexity index is 1160. The van der Waals surface area contributed by atoms with Gasteiger partial charge in [-0.3, -0.25) is 4.79 Å². The van der Waals surface area contributed by atoms with E-state index in [2.05, 4.69) is 36.4 Å². The molecule has 1 N–H and O–H groups in total. The molecule has 4 rings (SSSR count). The van der Waals surface area contributed by atoms with Gasteiger partial charge in [-0.15, -0.1) is 10.2 Å². The Hall–Kier alpha value is -4.35. The number of hydrogen-bond donors (Lipinski definition) is 1. The average molecular weight is 435 g/mol. The molecule has 32 heavy (non-hydrogen) atoms.